The molecule has 0 spiro atoms. The molecule has 0 aromatic carbocycles. The van der Waals surface area contributed by atoms with E-state index in [-0.39, 0.29) is 5.60 Å². The first-order valence-electron chi connectivity index (χ1n) is 6.12. The zero-order valence-electron chi connectivity index (χ0n) is 11.9. The molecule has 1 unspecified atom stereocenters. The highest BCUT2D eigenvalue weighted by atomic mass is 16.5. The van der Waals surface area contributed by atoms with Gasteiger partial charge in [-0.25, -0.2) is 0 Å². The van der Waals surface area contributed by atoms with Gasteiger partial charge in [-0.05, 0) is 34.1 Å². The lowest BCUT2D eigenvalue weighted by molar-refractivity contribution is 0.00844. The molecule has 1 aromatic heterocycles. The van der Waals surface area contributed by atoms with Crippen LogP contribution < -0.4 is 5.32 Å². The molecule has 0 aliphatic rings. The van der Waals surface area contributed by atoms with Gasteiger partial charge in [-0.15, -0.1) is 0 Å². The number of methoxy groups -OCH3 is 1. The highest BCUT2D eigenvalue weighted by molar-refractivity contribution is 5.14. The van der Waals surface area contributed by atoms with E-state index in [2.05, 4.69) is 37.4 Å². The predicted molar refractivity (Wildman–Crippen MR) is 70.0 cm³/mol. The van der Waals surface area contributed by atoms with Crippen molar-refractivity contribution in [3.8, 4) is 0 Å². The minimum atomic E-state index is -0.0730. The number of nitrogens with zero attached hydrogens (tertiary/aromatic N) is 2. The molecule has 4 heteroatoms. The molecule has 0 saturated heterocycles. The Morgan fingerprint density at radius 2 is 2.18 bits per heavy atom. The first-order valence-corrected chi connectivity index (χ1v) is 6.12. The lowest BCUT2D eigenvalue weighted by atomic mass is 10.00. The number of rotatable bonds is 6. The van der Waals surface area contributed by atoms with E-state index < -0.39 is 0 Å². The van der Waals surface area contributed by atoms with E-state index in [0.717, 1.165) is 18.7 Å². The van der Waals surface area contributed by atoms with Crippen molar-refractivity contribution in [2.45, 2.75) is 52.3 Å². The van der Waals surface area contributed by atoms with Crippen LogP contribution >= 0.6 is 0 Å². The van der Waals surface area contributed by atoms with Gasteiger partial charge in [0.15, 0.2) is 0 Å². The molecule has 0 radical (unpaired) electrons. The topological polar surface area (TPSA) is 39.1 Å². The molecule has 0 bridgehead atoms. The lowest BCUT2D eigenvalue weighted by Gasteiger charge is -2.27. The minimum absolute atomic E-state index is 0.0730. The lowest BCUT2D eigenvalue weighted by Crippen LogP contribution is -2.35. The molecule has 4 nitrogen and oxygen atoms in total. The van der Waals surface area contributed by atoms with E-state index in [0.29, 0.717) is 6.04 Å². The highest BCUT2D eigenvalue weighted by Gasteiger charge is 2.19. The van der Waals surface area contributed by atoms with Gasteiger partial charge in [-0.1, -0.05) is 0 Å². The van der Waals surface area contributed by atoms with E-state index in [1.165, 1.54) is 5.56 Å². The van der Waals surface area contributed by atoms with Crippen molar-refractivity contribution < 1.29 is 4.74 Å². The Morgan fingerprint density at radius 3 is 2.65 bits per heavy atom. The van der Waals surface area contributed by atoms with Crippen molar-refractivity contribution in [1.82, 2.24) is 15.1 Å². The van der Waals surface area contributed by atoms with E-state index in [9.17, 15) is 0 Å². The summed E-state index contributed by atoms with van der Waals surface area (Å²) in [7, 11) is 3.71. The zero-order valence-corrected chi connectivity index (χ0v) is 11.9. The molecule has 0 saturated carbocycles. The van der Waals surface area contributed by atoms with E-state index >= 15 is 0 Å². The van der Waals surface area contributed by atoms with Gasteiger partial charge in [0, 0.05) is 38.5 Å². The Labute approximate surface area is 104 Å². The maximum Gasteiger partial charge on any atom is 0.0638 e. The van der Waals surface area contributed by atoms with Crippen LogP contribution in [-0.2, 0) is 18.3 Å². The fraction of sp³-hybridized carbons (Fsp3) is 0.769. The molecule has 1 aromatic rings. The van der Waals surface area contributed by atoms with Crippen LogP contribution in [0.1, 0.15) is 38.4 Å². The summed E-state index contributed by atoms with van der Waals surface area (Å²) in [4.78, 5) is 0. The summed E-state index contributed by atoms with van der Waals surface area (Å²) in [5.41, 5.74) is 2.28. The summed E-state index contributed by atoms with van der Waals surface area (Å²) in [5, 5.41) is 7.84. The van der Waals surface area contributed by atoms with Crippen molar-refractivity contribution in [3.05, 3.63) is 17.5 Å². The normalized spacial score (nSPS) is 14.0. The Hall–Kier alpha value is -0.870. The molecular weight excluding hydrogens is 214 g/mol. The third-order valence-electron chi connectivity index (χ3n) is 3.11. The van der Waals surface area contributed by atoms with E-state index in [1.807, 2.05) is 18.7 Å². The Kier molecular flexibility index (Phi) is 4.71. The molecule has 0 aliphatic heterocycles. The van der Waals surface area contributed by atoms with Gasteiger partial charge in [-0.3, -0.25) is 4.68 Å². The molecule has 1 heterocycles. The van der Waals surface area contributed by atoms with E-state index in [4.69, 9.17) is 4.74 Å². The van der Waals surface area contributed by atoms with Crippen LogP contribution in [0.5, 0.6) is 0 Å². The zero-order chi connectivity index (χ0) is 13.1. The van der Waals surface area contributed by atoms with Crippen LogP contribution in [0.15, 0.2) is 6.20 Å². The van der Waals surface area contributed by atoms with Crippen LogP contribution in [0.25, 0.3) is 0 Å². The Balaban J connectivity index is 2.43. The van der Waals surface area contributed by atoms with Crippen LogP contribution in [0.4, 0.5) is 0 Å². The van der Waals surface area contributed by atoms with Crippen molar-refractivity contribution in [2.75, 3.05) is 7.11 Å². The quantitative estimate of drug-likeness (QED) is 0.825. The summed E-state index contributed by atoms with van der Waals surface area (Å²) >= 11 is 0. The third kappa shape index (κ3) is 4.48. The van der Waals surface area contributed by atoms with Gasteiger partial charge >= 0.3 is 0 Å². The highest BCUT2D eigenvalue weighted by Crippen LogP contribution is 2.15. The standard InChI is InChI=1S/C13H25N3O/c1-10(7-13(3,4)17-6)14-8-12-9-16(5)15-11(12)2/h9-10,14H,7-8H2,1-6H3. The number of ether oxygens (including phenoxy) is 1. The van der Waals surface area contributed by atoms with Crippen molar-refractivity contribution in [3.63, 3.8) is 0 Å². The number of hydrogen-bond donors (Lipinski definition) is 1. The number of aromatic nitrogens is 2. The van der Waals surface area contributed by atoms with Crippen LogP contribution in [0.3, 0.4) is 0 Å². The first-order chi connectivity index (χ1) is 7.84. The number of aryl methyl sites for hydroxylation is 2. The molecule has 17 heavy (non-hydrogen) atoms. The van der Waals surface area contributed by atoms with Crippen LogP contribution in [-0.4, -0.2) is 28.5 Å². The summed E-state index contributed by atoms with van der Waals surface area (Å²) < 4.78 is 7.29. The molecule has 98 valence electrons. The monoisotopic (exact) mass is 239 g/mol. The van der Waals surface area contributed by atoms with Gasteiger partial charge < -0.3 is 10.1 Å². The Bertz CT molecular complexity index is 358. The SMILES string of the molecule is COC(C)(C)CC(C)NCc1cn(C)nc1C. The fourth-order valence-electron chi connectivity index (χ4n) is 2.00. The smallest absolute Gasteiger partial charge is 0.0638 e. The molecular formula is C13H25N3O. The minimum Gasteiger partial charge on any atom is -0.379 e. The second kappa shape index (κ2) is 5.65. The summed E-state index contributed by atoms with van der Waals surface area (Å²) in [6.45, 7) is 9.31. The third-order valence-corrected chi connectivity index (χ3v) is 3.11. The largest absolute Gasteiger partial charge is 0.379 e. The van der Waals surface area contributed by atoms with Gasteiger partial charge in [-0.2, -0.15) is 5.10 Å². The first kappa shape index (κ1) is 14.2. The number of hydrogen-bond acceptors (Lipinski definition) is 3. The molecule has 1 N–H and O–H groups in total. The Morgan fingerprint density at radius 1 is 1.53 bits per heavy atom. The fourth-order valence-corrected chi connectivity index (χ4v) is 2.00. The second-order valence-electron chi connectivity index (χ2n) is 5.36. The summed E-state index contributed by atoms with van der Waals surface area (Å²) in [6, 6.07) is 0.421. The van der Waals surface area contributed by atoms with Gasteiger partial charge in [0.1, 0.15) is 0 Å². The molecule has 0 amide bonds. The maximum absolute atomic E-state index is 5.43. The van der Waals surface area contributed by atoms with E-state index in [1.54, 1.807) is 7.11 Å². The molecule has 0 fully saturated rings. The summed E-state index contributed by atoms with van der Waals surface area (Å²) in [6.07, 6.45) is 3.05. The van der Waals surface area contributed by atoms with Gasteiger partial charge in [0.25, 0.3) is 0 Å². The van der Waals surface area contributed by atoms with Crippen LogP contribution in [0, 0.1) is 6.92 Å². The van der Waals surface area contributed by atoms with Crippen molar-refractivity contribution in [1.29, 1.82) is 0 Å². The molecule has 1 atom stereocenters. The molecule has 1 rings (SSSR count). The van der Waals surface area contributed by atoms with Crippen molar-refractivity contribution >= 4 is 0 Å². The van der Waals surface area contributed by atoms with Gasteiger partial charge in [0.2, 0.25) is 0 Å². The number of nitrogens with one attached hydrogen (secondary N) is 1. The average molecular weight is 239 g/mol. The molecule has 0 aliphatic carbocycles. The van der Waals surface area contributed by atoms with Crippen LogP contribution in [0.2, 0.25) is 0 Å². The average Bonchev–Trinajstić information content (AvgIpc) is 2.54. The van der Waals surface area contributed by atoms with Crippen molar-refractivity contribution in [2.24, 2.45) is 7.05 Å². The predicted octanol–water partition coefficient (Wildman–Crippen LogP) is 2.02. The summed E-state index contributed by atoms with van der Waals surface area (Å²) in [5.74, 6) is 0. The second-order valence-corrected chi connectivity index (χ2v) is 5.36. The maximum atomic E-state index is 5.43. The van der Waals surface area contributed by atoms with Gasteiger partial charge in [0.05, 0.1) is 11.3 Å².